The molecule has 1 aromatic rings. The Bertz CT molecular complexity index is 411. The van der Waals surface area contributed by atoms with Crippen LogP contribution in [-0.2, 0) is 0 Å². The SMILES string of the molecule is CCNC(c1cccc(F)c1)C1(N(C)C)CCCC1. The summed E-state index contributed by atoms with van der Waals surface area (Å²) in [6.07, 6.45) is 4.87. The quantitative estimate of drug-likeness (QED) is 0.877. The largest absolute Gasteiger partial charge is 0.309 e. The van der Waals surface area contributed by atoms with Crippen LogP contribution in [0.2, 0.25) is 0 Å². The van der Waals surface area contributed by atoms with Crippen molar-refractivity contribution in [2.24, 2.45) is 0 Å². The fourth-order valence-corrected chi connectivity index (χ4v) is 3.49. The van der Waals surface area contributed by atoms with E-state index in [0.29, 0.717) is 0 Å². The Hall–Kier alpha value is -0.930. The zero-order chi connectivity index (χ0) is 13.9. The monoisotopic (exact) mass is 264 g/mol. The third-order valence-corrected chi connectivity index (χ3v) is 4.49. The van der Waals surface area contributed by atoms with Gasteiger partial charge in [-0.15, -0.1) is 0 Å². The van der Waals surface area contributed by atoms with Gasteiger partial charge in [-0.05, 0) is 51.2 Å². The van der Waals surface area contributed by atoms with Crippen LogP contribution in [0.4, 0.5) is 4.39 Å². The third kappa shape index (κ3) is 2.82. The van der Waals surface area contributed by atoms with Gasteiger partial charge in [0.1, 0.15) is 5.82 Å². The highest BCUT2D eigenvalue weighted by molar-refractivity contribution is 5.25. The lowest BCUT2D eigenvalue weighted by Crippen LogP contribution is -2.52. The Kier molecular flexibility index (Phi) is 4.58. The number of nitrogens with one attached hydrogen (secondary N) is 1. The summed E-state index contributed by atoms with van der Waals surface area (Å²) in [5, 5.41) is 3.58. The van der Waals surface area contributed by atoms with E-state index in [4.69, 9.17) is 0 Å². The predicted octanol–water partition coefficient (Wildman–Crippen LogP) is 3.35. The Morgan fingerprint density at radius 3 is 2.53 bits per heavy atom. The van der Waals surface area contributed by atoms with E-state index in [1.807, 2.05) is 12.1 Å². The van der Waals surface area contributed by atoms with Crippen LogP contribution in [0.15, 0.2) is 24.3 Å². The van der Waals surface area contributed by atoms with Crippen LogP contribution in [0, 0.1) is 5.82 Å². The van der Waals surface area contributed by atoms with Crippen molar-refractivity contribution >= 4 is 0 Å². The molecule has 1 aliphatic rings. The first kappa shape index (κ1) is 14.5. The molecule has 1 aliphatic carbocycles. The molecular formula is C16H25FN2. The number of hydrogen-bond donors (Lipinski definition) is 1. The van der Waals surface area contributed by atoms with E-state index in [2.05, 4.69) is 31.2 Å². The summed E-state index contributed by atoms with van der Waals surface area (Å²) in [4.78, 5) is 2.33. The lowest BCUT2D eigenvalue weighted by molar-refractivity contribution is 0.105. The standard InChI is InChI=1S/C16H25FN2/c1-4-18-15(13-8-7-9-14(17)12-13)16(19(2)3)10-5-6-11-16/h7-9,12,15,18H,4-6,10-11H2,1-3H3. The number of benzene rings is 1. The molecule has 2 rings (SSSR count). The number of halogens is 1. The lowest BCUT2D eigenvalue weighted by Gasteiger charge is -2.44. The third-order valence-electron chi connectivity index (χ3n) is 4.49. The Morgan fingerprint density at radius 2 is 2.00 bits per heavy atom. The number of hydrogen-bond acceptors (Lipinski definition) is 2. The molecule has 1 unspecified atom stereocenters. The molecule has 106 valence electrons. The van der Waals surface area contributed by atoms with Gasteiger partial charge in [-0.2, -0.15) is 0 Å². The van der Waals surface area contributed by atoms with E-state index >= 15 is 0 Å². The fraction of sp³-hybridized carbons (Fsp3) is 0.625. The van der Waals surface area contributed by atoms with E-state index in [9.17, 15) is 4.39 Å². The first-order valence-electron chi connectivity index (χ1n) is 7.26. The average Bonchev–Trinajstić information content (AvgIpc) is 2.86. The molecule has 0 aliphatic heterocycles. The van der Waals surface area contributed by atoms with Gasteiger partial charge in [-0.1, -0.05) is 31.9 Å². The lowest BCUT2D eigenvalue weighted by atomic mass is 9.82. The molecule has 1 aromatic carbocycles. The molecule has 1 fully saturated rings. The minimum Gasteiger partial charge on any atom is -0.309 e. The summed E-state index contributed by atoms with van der Waals surface area (Å²) in [5.74, 6) is -0.146. The molecule has 1 atom stereocenters. The Labute approximate surface area is 116 Å². The van der Waals surface area contributed by atoms with Crippen molar-refractivity contribution in [2.45, 2.75) is 44.2 Å². The summed E-state index contributed by atoms with van der Waals surface area (Å²) >= 11 is 0. The van der Waals surface area contributed by atoms with Gasteiger partial charge in [0.05, 0.1) is 6.04 Å². The van der Waals surface area contributed by atoms with Crippen LogP contribution in [-0.4, -0.2) is 31.1 Å². The second-order valence-electron chi connectivity index (χ2n) is 5.75. The second kappa shape index (κ2) is 6.02. The van der Waals surface area contributed by atoms with Crippen LogP contribution in [0.3, 0.4) is 0 Å². The number of likely N-dealkylation sites (N-methyl/N-ethyl adjacent to an activating group) is 2. The van der Waals surface area contributed by atoms with E-state index < -0.39 is 0 Å². The van der Waals surface area contributed by atoms with Crippen LogP contribution in [0.5, 0.6) is 0 Å². The Morgan fingerprint density at radius 1 is 1.32 bits per heavy atom. The zero-order valence-electron chi connectivity index (χ0n) is 12.2. The van der Waals surface area contributed by atoms with Crippen LogP contribution >= 0.6 is 0 Å². The first-order valence-corrected chi connectivity index (χ1v) is 7.26. The second-order valence-corrected chi connectivity index (χ2v) is 5.75. The smallest absolute Gasteiger partial charge is 0.123 e. The summed E-state index contributed by atoms with van der Waals surface area (Å²) < 4.78 is 13.5. The molecule has 0 bridgehead atoms. The molecular weight excluding hydrogens is 239 g/mol. The van der Waals surface area contributed by atoms with E-state index in [1.54, 1.807) is 6.07 Å². The van der Waals surface area contributed by atoms with Gasteiger partial charge in [-0.25, -0.2) is 4.39 Å². The van der Waals surface area contributed by atoms with Crippen molar-refractivity contribution in [2.75, 3.05) is 20.6 Å². The van der Waals surface area contributed by atoms with Gasteiger partial charge >= 0.3 is 0 Å². The van der Waals surface area contributed by atoms with Crippen LogP contribution < -0.4 is 5.32 Å². The maximum absolute atomic E-state index is 13.5. The van der Waals surface area contributed by atoms with Crippen LogP contribution in [0.25, 0.3) is 0 Å². The van der Waals surface area contributed by atoms with Crippen molar-refractivity contribution in [3.05, 3.63) is 35.6 Å². The van der Waals surface area contributed by atoms with Gasteiger partial charge in [0.2, 0.25) is 0 Å². The predicted molar refractivity (Wildman–Crippen MR) is 77.7 cm³/mol. The summed E-state index contributed by atoms with van der Waals surface area (Å²) in [5.41, 5.74) is 1.18. The molecule has 19 heavy (non-hydrogen) atoms. The number of rotatable bonds is 5. The molecule has 2 nitrogen and oxygen atoms in total. The maximum atomic E-state index is 13.5. The van der Waals surface area contributed by atoms with Gasteiger partial charge in [0.15, 0.2) is 0 Å². The van der Waals surface area contributed by atoms with Crippen molar-refractivity contribution in [3.63, 3.8) is 0 Å². The molecule has 3 heteroatoms. The topological polar surface area (TPSA) is 15.3 Å². The van der Waals surface area contributed by atoms with Crippen molar-refractivity contribution in [1.82, 2.24) is 10.2 Å². The minimum absolute atomic E-state index is 0.115. The highest BCUT2D eigenvalue weighted by Gasteiger charge is 2.43. The molecule has 0 spiro atoms. The summed E-state index contributed by atoms with van der Waals surface area (Å²) in [6.45, 7) is 3.02. The zero-order valence-corrected chi connectivity index (χ0v) is 12.2. The van der Waals surface area contributed by atoms with Gasteiger partial charge < -0.3 is 10.2 Å². The van der Waals surface area contributed by atoms with E-state index in [0.717, 1.165) is 12.1 Å². The molecule has 0 aromatic heterocycles. The highest BCUT2D eigenvalue weighted by Crippen LogP contribution is 2.43. The molecule has 0 saturated heterocycles. The Balaban J connectivity index is 2.38. The molecule has 0 radical (unpaired) electrons. The minimum atomic E-state index is -0.146. The van der Waals surface area contributed by atoms with Crippen molar-refractivity contribution in [3.8, 4) is 0 Å². The normalized spacial score (nSPS) is 19.8. The average molecular weight is 264 g/mol. The maximum Gasteiger partial charge on any atom is 0.123 e. The first-order chi connectivity index (χ1) is 9.10. The fourth-order valence-electron chi connectivity index (χ4n) is 3.49. The van der Waals surface area contributed by atoms with Crippen molar-refractivity contribution < 1.29 is 4.39 Å². The van der Waals surface area contributed by atoms with E-state index in [-0.39, 0.29) is 17.4 Å². The van der Waals surface area contributed by atoms with Crippen LogP contribution in [0.1, 0.15) is 44.2 Å². The van der Waals surface area contributed by atoms with E-state index in [1.165, 1.54) is 31.7 Å². The van der Waals surface area contributed by atoms with Gasteiger partial charge in [0.25, 0.3) is 0 Å². The highest BCUT2D eigenvalue weighted by atomic mass is 19.1. The molecule has 1 N–H and O–H groups in total. The van der Waals surface area contributed by atoms with Gasteiger partial charge in [-0.3, -0.25) is 0 Å². The molecule has 0 amide bonds. The summed E-state index contributed by atoms with van der Waals surface area (Å²) in [6, 6.07) is 7.25. The van der Waals surface area contributed by atoms with Crippen molar-refractivity contribution in [1.29, 1.82) is 0 Å². The molecule has 0 heterocycles. The number of nitrogens with zero attached hydrogens (tertiary/aromatic N) is 1. The summed E-state index contributed by atoms with van der Waals surface area (Å²) in [7, 11) is 4.30. The molecule has 1 saturated carbocycles. The van der Waals surface area contributed by atoms with Gasteiger partial charge in [0, 0.05) is 5.54 Å².